The fraction of sp³-hybridized carbons (Fsp3) is 0.600. The number of carbonyl (C=O) groups excluding carboxylic acids is 1. The number of guanidine groups is 1. The van der Waals surface area contributed by atoms with Crippen LogP contribution in [0, 0.1) is 5.92 Å². The highest BCUT2D eigenvalue weighted by Crippen LogP contribution is 2.31. The van der Waals surface area contributed by atoms with Crippen molar-refractivity contribution < 1.29 is 9.53 Å². The number of hydrogen-bond donors (Lipinski definition) is 2. The summed E-state index contributed by atoms with van der Waals surface area (Å²) in [7, 11) is 0. The molecule has 0 fully saturated rings. The Kier molecular flexibility index (Phi) is 8.25. The molecular formula is C20H32N4O2. The van der Waals surface area contributed by atoms with E-state index in [4.69, 9.17) is 4.74 Å². The number of ether oxygens (including phenoxy) is 1. The van der Waals surface area contributed by atoms with Crippen LogP contribution in [-0.4, -0.2) is 44.7 Å². The lowest BCUT2D eigenvalue weighted by molar-refractivity contribution is -0.121. The van der Waals surface area contributed by atoms with Crippen molar-refractivity contribution in [1.29, 1.82) is 0 Å². The molecule has 6 heteroatoms. The largest absolute Gasteiger partial charge is 0.482 e. The van der Waals surface area contributed by atoms with Gasteiger partial charge in [-0.3, -0.25) is 9.79 Å². The number of para-hydroxylation sites is 2. The molecule has 0 aliphatic carbocycles. The lowest BCUT2D eigenvalue weighted by atomic mass is 10.1. The summed E-state index contributed by atoms with van der Waals surface area (Å²) >= 11 is 0. The van der Waals surface area contributed by atoms with Crippen molar-refractivity contribution in [2.45, 2.75) is 40.0 Å². The van der Waals surface area contributed by atoms with E-state index in [0.717, 1.165) is 49.2 Å². The molecule has 0 bridgehead atoms. The van der Waals surface area contributed by atoms with Gasteiger partial charge in [0.05, 0.1) is 5.69 Å². The van der Waals surface area contributed by atoms with Crippen LogP contribution in [0.4, 0.5) is 5.69 Å². The van der Waals surface area contributed by atoms with Crippen LogP contribution in [0.3, 0.4) is 0 Å². The van der Waals surface area contributed by atoms with E-state index in [9.17, 15) is 4.79 Å². The van der Waals surface area contributed by atoms with Crippen LogP contribution in [0.2, 0.25) is 0 Å². The number of rotatable bonds is 9. The lowest BCUT2D eigenvalue weighted by Gasteiger charge is -2.29. The van der Waals surface area contributed by atoms with Crippen molar-refractivity contribution in [2.75, 3.05) is 37.7 Å². The molecular weight excluding hydrogens is 328 g/mol. The van der Waals surface area contributed by atoms with Gasteiger partial charge in [0.15, 0.2) is 12.6 Å². The number of aliphatic imine (C=N–C) groups is 1. The maximum atomic E-state index is 12.2. The average Bonchev–Trinajstić information content (AvgIpc) is 2.63. The van der Waals surface area contributed by atoms with Crippen LogP contribution >= 0.6 is 0 Å². The minimum atomic E-state index is 0.00592. The normalized spacial score (nSPS) is 14.2. The molecule has 1 heterocycles. The first kappa shape index (κ1) is 20.1. The van der Waals surface area contributed by atoms with Crippen molar-refractivity contribution in [3.05, 3.63) is 24.3 Å². The van der Waals surface area contributed by atoms with Crippen LogP contribution in [0.25, 0.3) is 0 Å². The van der Waals surface area contributed by atoms with Crippen LogP contribution in [0.5, 0.6) is 5.75 Å². The summed E-state index contributed by atoms with van der Waals surface area (Å²) in [6, 6.07) is 7.67. The van der Waals surface area contributed by atoms with Crippen LogP contribution in [0.1, 0.15) is 40.0 Å². The first-order valence-corrected chi connectivity index (χ1v) is 9.66. The first-order chi connectivity index (χ1) is 12.6. The van der Waals surface area contributed by atoms with Crippen molar-refractivity contribution in [3.8, 4) is 5.75 Å². The number of fused-ring (bicyclic) bond motifs is 1. The van der Waals surface area contributed by atoms with Gasteiger partial charge in [0.2, 0.25) is 0 Å². The topological polar surface area (TPSA) is 66.0 Å². The van der Waals surface area contributed by atoms with E-state index >= 15 is 0 Å². The van der Waals surface area contributed by atoms with E-state index in [0.29, 0.717) is 13.1 Å². The Hall–Kier alpha value is -2.24. The fourth-order valence-corrected chi connectivity index (χ4v) is 2.88. The molecule has 0 saturated heterocycles. The Morgan fingerprint density at radius 1 is 1.27 bits per heavy atom. The summed E-state index contributed by atoms with van der Waals surface area (Å²) in [5, 5.41) is 6.65. The molecule has 0 unspecified atom stereocenters. The molecule has 0 aromatic heterocycles. The smallest absolute Gasteiger partial charge is 0.265 e. The van der Waals surface area contributed by atoms with Crippen molar-refractivity contribution in [3.63, 3.8) is 0 Å². The van der Waals surface area contributed by atoms with Gasteiger partial charge in [0, 0.05) is 26.2 Å². The number of benzene rings is 1. The highest BCUT2D eigenvalue weighted by molar-refractivity contribution is 5.97. The van der Waals surface area contributed by atoms with Gasteiger partial charge in [-0.25, -0.2) is 0 Å². The van der Waals surface area contributed by atoms with Crippen molar-refractivity contribution in [1.82, 2.24) is 10.6 Å². The summed E-state index contributed by atoms with van der Waals surface area (Å²) in [6.07, 6.45) is 3.16. The molecule has 0 saturated carbocycles. The Morgan fingerprint density at radius 2 is 2.08 bits per heavy atom. The van der Waals surface area contributed by atoms with E-state index in [1.807, 2.05) is 24.3 Å². The quantitative estimate of drug-likeness (QED) is 0.404. The maximum absolute atomic E-state index is 12.2. The second-order valence-electron chi connectivity index (χ2n) is 6.88. The highest BCUT2D eigenvalue weighted by Gasteiger charge is 2.24. The molecule has 144 valence electrons. The van der Waals surface area contributed by atoms with Gasteiger partial charge in [-0.2, -0.15) is 0 Å². The van der Waals surface area contributed by atoms with Gasteiger partial charge >= 0.3 is 0 Å². The van der Waals surface area contributed by atoms with E-state index < -0.39 is 0 Å². The molecule has 0 spiro atoms. The second kappa shape index (κ2) is 10.7. The summed E-state index contributed by atoms with van der Waals surface area (Å²) in [4.78, 5) is 18.6. The monoisotopic (exact) mass is 360 g/mol. The van der Waals surface area contributed by atoms with Gasteiger partial charge in [-0.05, 0) is 44.2 Å². The van der Waals surface area contributed by atoms with Gasteiger partial charge < -0.3 is 20.3 Å². The summed E-state index contributed by atoms with van der Waals surface area (Å²) in [5.74, 6) is 2.36. The first-order valence-electron chi connectivity index (χ1n) is 9.66. The van der Waals surface area contributed by atoms with Gasteiger partial charge in [-0.1, -0.05) is 26.0 Å². The van der Waals surface area contributed by atoms with E-state index in [1.54, 1.807) is 4.90 Å². The third-order valence-corrected chi connectivity index (χ3v) is 4.21. The molecule has 1 amide bonds. The Morgan fingerprint density at radius 3 is 2.85 bits per heavy atom. The lowest BCUT2D eigenvalue weighted by Crippen LogP contribution is -2.40. The van der Waals surface area contributed by atoms with Gasteiger partial charge in [-0.15, -0.1) is 0 Å². The Bertz CT molecular complexity index is 601. The number of amides is 1. The molecule has 1 aliphatic heterocycles. The zero-order valence-electron chi connectivity index (χ0n) is 16.3. The predicted octanol–water partition coefficient (Wildman–Crippen LogP) is 2.79. The fourth-order valence-electron chi connectivity index (χ4n) is 2.88. The number of nitrogens with one attached hydrogen (secondary N) is 2. The minimum Gasteiger partial charge on any atom is -0.482 e. The van der Waals surface area contributed by atoms with Gasteiger partial charge in [0.25, 0.3) is 5.91 Å². The standard InChI is InChI=1S/C20H32N4O2/c1-4-21-20(22-12-7-9-16(2)3)23-13-8-14-24-17-10-5-6-11-18(17)26-15-19(24)25/h5-6,10-11,16H,4,7-9,12-15H2,1-3H3,(H2,21,22,23). The zero-order chi connectivity index (χ0) is 18.8. The molecule has 1 aromatic rings. The molecule has 2 rings (SSSR count). The maximum Gasteiger partial charge on any atom is 0.265 e. The summed E-state index contributed by atoms with van der Waals surface area (Å²) in [6.45, 7) is 9.75. The summed E-state index contributed by atoms with van der Waals surface area (Å²) in [5.41, 5.74) is 0.853. The number of hydrogen-bond acceptors (Lipinski definition) is 3. The number of anilines is 1. The van der Waals surface area contributed by atoms with E-state index in [1.165, 1.54) is 6.42 Å². The third-order valence-electron chi connectivity index (χ3n) is 4.21. The zero-order valence-corrected chi connectivity index (χ0v) is 16.3. The highest BCUT2D eigenvalue weighted by atomic mass is 16.5. The second-order valence-corrected chi connectivity index (χ2v) is 6.88. The SMILES string of the molecule is CCNC(=NCCCN1C(=O)COc2ccccc21)NCCCC(C)C. The third kappa shape index (κ3) is 6.24. The van der Waals surface area contributed by atoms with Crippen molar-refractivity contribution in [2.24, 2.45) is 10.9 Å². The molecule has 26 heavy (non-hydrogen) atoms. The van der Waals surface area contributed by atoms with Crippen molar-refractivity contribution >= 4 is 17.6 Å². The summed E-state index contributed by atoms with van der Waals surface area (Å²) < 4.78 is 5.48. The number of nitrogens with zero attached hydrogens (tertiary/aromatic N) is 2. The minimum absolute atomic E-state index is 0.00592. The molecule has 6 nitrogen and oxygen atoms in total. The predicted molar refractivity (Wildman–Crippen MR) is 107 cm³/mol. The Balaban J connectivity index is 1.81. The Labute approximate surface area is 157 Å². The van der Waals surface area contributed by atoms with Gasteiger partial charge in [0.1, 0.15) is 5.75 Å². The number of carbonyl (C=O) groups is 1. The molecule has 0 atom stereocenters. The molecule has 1 aliphatic rings. The molecule has 2 N–H and O–H groups in total. The molecule has 1 aromatic carbocycles. The van der Waals surface area contributed by atoms with Crippen LogP contribution in [-0.2, 0) is 4.79 Å². The van der Waals surface area contributed by atoms with E-state index in [2.05, 4.69) is 36.4 Å². The molecule has 0 radical (unpaired) electrons. The average molecular weight is 361 g/mol. The van der Waals surface area contributed by atoms with Crippen LogP contribution < -0.4 is 20.3 Å². The van der Waals surface area contributed by atoms with E-state index in [-0.39, 0.29) is 12.5 Å². The van der Waals surface area contributed by atoms with Crippen LogP contribution in [0.15, 0.2) is 29.3 Å².